The summed E-state index contributed by atoms with van der Waals surface area (Å²) in [5.41, 5.74) is 0.944. The summed E-state index contributed by atoms with van der Waals surface area (Å²) >= 11 is 0. The van der Waals surface area contributed by atoms with Crippen LogP contribution in [-0.2, 0) is 10.2 Å². The molecule has 1 heteroatoms. The molecule has 1 atom stereocenters. The van der Waals surface area contributed by atoms with Crippen LogP contribution in [0.15, 0.2) is 42.5 Å². The van der Waals surface area contributed by atoms with E-state index in [0.29, 0.717) is 5.78 Å². The predicted octanol–water partition coefficient (Wildman–Crippen LogP) is 3.85. The summed E-state index contributed by atoms with van der Waals surface area (Å²) in [6.07, 6.45) is 2.75. The maximum absolute atomic E-state index is 12.1. The molecule has 0 aromatic heterocycles. The van der Waals surface area contributed by atoms with Crippen molar-refractivity contribution in [2.45, 2.75) is 31.6 Å². The summed E-state index contributed by atoms with van der Waals surface area (Å²) in [5.74, 6) is 0.397. The molecule has 1 aliphatic carbocycles. The predicted molar refractivity (Wildman–Crippen MR) is 70.2 cm³/mol. The lowest BCUT2D eigenvalue weighted by Gasteiger charge is -2.24. The van der Waals surface area contributed by atoms with E-state index in [0.717, 1.165) is 19.3 Å². The van der Waals surface area contributed by atoms with Gasteiger partial charge in [0.1, 0.15) is 5.78 Å². The Hall–Kier alpha value is -1.63. The van der Waals surface area contributed by atoms with E-state index < -0.39 is 0 Å². The van der Waals surface area contributed by atoms with E-state index in [9.17, 15) is 4.79 Å². The highest BCUT2D eigenvalue weighted by atomic mass is 16.1. The number of ketones is 1. The standard InChI is InChI=1S/C16H16O/c1-16(11-5-10-15(16)17)14-9-4-7-12-6-2-3-8-13(12)14/h2-4,6-9H,5,10-11H2,1H3/t16-/m1/s1. The minimum Gasteiger partial charge on any atom is -0.299 e. The molecule has 1 fully saturated rings. The fraction of sp³-hybridized carbons (Fsp3) is 0.312. The number of carbonyl (C=O) groups excluding carboxylic acids is 1. The van der Waals surface area contributed by atoms with Gasteiger partial charge in [-0.1, -0.05) is 42.5 Å². The van der Waals surface area contributed by atoms with E-state index in [4.69, 9.17) is 0 Å². The molecule has 0 unspecified atom stereocenters. The van der Waals surface area contributed by atoms with E-state index in [1.165, 1.54) is 16.3 Å². The highest BCUT2D eigenvalue weighted by Gasteiger charge is 2.39. The van der Waals surface area contributed by atoms with E-state index >= 15 is 0 Å². The van der Waals surface area contributed by atoms with Crippen molar-refractivity contribution in [3.63, 3.8) is 0 Å². The average molecular weight is 224 g/mol. The molecule has 0 N–H and O–H groups in total. The molecule has 0 heterocycles. The molecular formula is C16H16O. The lowest BCUT2D eigenvalue weighted by Crippen LogP contribution is -2.26. The molecule has 0 saturated heterocycles. The monoisotopic (exact) mass is 224 g/mol. The first kappa shape index (κ1) is 10.5. The fourth-order valence-electron chi connectivity index (χ4n) is 3.01. The zero-order valence-electron chi connectivity index (χ0n) is 10.1. The summed E-state index contributed by atoms with van der Waals surface area (Å²) in [5, 5.41) is 2.46. The van der Waals surface area contributed by atoms with Gasteiger partial charge in [0.05, 0.1) is 5.41 Å². The van der Waals surface area contributed by atoms with Gasteiger partial charge in [-0.05, 0) is 36.1 Å². The summed E-state index contributed by atoms with van der Waals surface area (Å²) < 4.78 is 0. The van der Waals surface area contributed by atoms with Crippen molar-refractivity contribution in [1.82, 2.24) is 0 Å². The van der Waals surface area contributed by atoms with Crippen LogP contribution in [0.25, 0.3) is 10.8 Å². The zero-order valence-corrected chi connectivity index (χ0v) is 10.1. The maximum Gasteiger partial charge on any atom is 0.143 e. The third-order valence-electron chi connectivity index (χ3n) is 4.08. The molecule has 0 spiro atoms. The van der Waals surface area contributed by atoms with E-state index in [-0.39, 0.29) is 5.41 Å². The SMILES string of the molecule is C[C@]1(c2cccc3ccccc23)CCCC1=O. The quantitative estimate of drug-likeness (QED) is 0.719. The molecule has 0 aliphatic heterocycles. The highest BCUT2D eigenvalue weighted by molar-refractivity contribution is 5.97. The number of Topliss-reactive ketones (excluding diaryl/α,β-unsaturated/α-hetero) is 1. The molecular weight excluding hydrogens is 208 g/mol. The molecule has 1 aliphatic rings. The Labute approximate surface area is 101 Å². The third-order valence-corrected chi connectivity index (χ3v) is 4.08. The second-order valence-corrected chi connectivity index (χ2v) is 5.14. The first-order chi connectivity index (χ1) is 8.22. The first-order valence-electron chi connectivity index (χ1n) is 6.23. The zero-order chi connectivity index (χ0) is 11.9. The summed E-state index contributed by atoms with van der Waals surface area (Å²) in [4.78, 5) is 12.1. The van der Waals surface area contributed by atoms with Crippen molar-refractivity contribution in [2.75, 3.05) is 0 Å². The number of hydrogen-bond acceptors (Lipinski definition) is 1. The van der Waals surface area contributed by atoms with Gasteiger partial charge in [0.15, 0.2) is 0 Å². The van der Waals surface area contributed by atoms with Gasteiger partial charge in [-0.2, -0.15) is 0 Å². The first-order valence-corrected chi connectivity index (χ1v) is 6.23. The van der Waals surface area contributed by atoms with Gasteiger partial charge in [0.2, 0.25) is 0 Å². The third kappa shape index (κ3) is 1.49. The topological polar surface area (TPSA) is 17.1 Å². The Morgan fingerprint density at radius 3 is 2.59 bits per heavy atom. The van der Waals surface area contributed by atoms with Gasteiger partial charge in [0.25, 0.3) is 0 Å². The highest BCUT2D eigenvalue weighted by Crippen LogP contribution is 2.40. The average Bonchev–Trinajstić information content (AvgIpc) is 2.70. The number of hydrogen-bond donors (Lipinski definition) is 0. The van der Waals surface area contributed by atoms with Gasteiger partial charge < -0.3 is 0 Å². The second-order valence-electron chi connectivity index (χ2n) is 5.14. The smallest absolute Gasteiger partial charge is 0.143 e. The molecule has 3 rings (SSSR count). The van der Waals surface area contributed by atoms with Gasteiger partial charge in [-0.3, -0.25) is 4.79 Å². The lowest BCUT2D eigenvalue weighted by atomic mass is 9.78. The molecule has 86 valence electrons. The Kier molecular flexibility index (Phi) is 2.29. The molecule has 0 amide bonds. The van der Waals surface area contributed by atoms with E-state index in [1.807, 2.05) is 6.07 Å². The van der Waals surface area contributed by atoms with Crippen LogP contribution in [0.4, 0.5) is 0 Å². The van der Waals surface area contributed by atoms with Crippen molar-refractivity contribution in [2.24, 2.45) is 0 Å². The van der Waals surface area contributed by atoms with Crippen molar-refractivity contribution < 1.29 is 4.79 Å². The van der Waals surface area contributed by atoms with Crippen molar-refractivity contribution in [1.29, 1.82) is 0 Å². The van der Waals surface area contributed by atoms with E-state index in [2.05, 4.69) is 43.3 Å². The number of rotatable bonds is 1. The Morgan fingerprint density at radius 1 is 1.06 bits per heavy atom. The normalized spacial score (nSPS) is 24.4. The van der Waals surface area contributed by atoms with Crippen molar-refractivity contribution in [3.05, 3.63) is 48.0 Å². The molecule has 0 radical (unpaired) electrons. The largest absolute Gasteiger partial charge is 0.299 e. The number of carbonyl (C=O) groups is 1. The van der Waals surface area contributed by atoms with Gasteiger partial charge >= 0.3 is 0 Å². The molecule has 1 nitrogen and oxygen atoms in total. The van der Waals surface area contributed by atoms with Gasteiger partial charge in [-0.15, -0.1) is 0 Å². The molecule has 2 aromatic rings. The second kappa shape index (κ2) is 3.69. The summed E-state index contributed by atoms with van der Waals surface area (Å²) in [7, 11) is 0. The van der Waals surface area contributed by atoms with Crippen LogP contribution >= 0.6 is 0 Å². The van der Waals surface area contributed by atoms with Crippen molar-refractivity contribution >= 4 is 16.6 Å². The van der Waals surface area contributed by atoms with Gasteiger partial charge in [0, 0.05) is 6.42 Å². The molecule has 1 saturated carbocycles. The molecule has 0 bridgehead atoms. The van der Waals surface area contributed by atoms with Crippen LogP contribution in [0, 0.1) is 0 Å². The Morgan fingerprint density at radius 2 is 1.82 bits per heavy atom. The minimum absolute atomic E-state index is 0.263. The molecule has 2 aromatic carbocycles. The minimum atomic E-state index is -0.263. The van der Waals surface area contributed by atoms with Crippen LogP contribution in [0.3, 0.4) is 0 Å². The van der Waals surface area contributed by atoms with Gasteiger partial charge in [-0.25, -0.2) is 0 Å². The summed E-state index contributed by atoms with van der Waals surface area (Å²) in [6, 6.07) is 14.6. The van der Waals surface area contributed by atoms with Crippen LogP contribution in [-0.4, -0.2) is 5.78 Å². The lowest BCUT2D eigenvalue weighted by molar-refractivity contribution is -0.121. The van der Waals surface area contributed by atoms with Crippen LogP contribution in [0.1, 0.15) is 31.7 Å². The van der Waals surface area contributed by atoms with Crippen LogP contribution < -0.4 is 0 Å². The van der Waals surface area contributed by atoms with Crippen LogP contribution in [0.5, 0.6) is 0 Å². The van der Waals surface area contributed by atoms with Crippen molar-refractivity contribution in [3.8, 4) is 0 Å². The number of benzene rings is 2. The maximum atomic E-state index is 12.1. The Bertz CT molecular complexity index is 580. The van der Waals surface area contributed by atoms with Crippen LogP contribution in [0.2, 0.25) is 0 Å². The fourth-order valence-corrected chi connectivity index (χ4v) is 3.01. The Balaban J connectivity index is 2.27. The summed E-state index contributed by atoms with van der Waals surface area (Å²) in [6.45, 7) is 2.10. The molecule has 17 heavy (non-hydrogen) atoms. The number of fused-ring (bicyclic) bond motifs is 1. The van der Waals surface area contributed by atoms with E-state index in [1.54, 1.807) is 0 Å².